The van der Waals surface area contributed by atoms with Gasteiger partial charge in [0.1, 0.15) is 36.4 Å². The van der Waals surface area contributed by atoms with Crippen LogP contribution in [0.3, 0.4) is 0 Å². The summed E-state index contributed by atoms with van der Waals surface area (Å²) in [6, 6.07) is 9.70. The molecule has 0 amide bonds. The molecule has 9 nitrogen and oxygen atoms in total. The van der Waals surface area contributed by atoms with Crippen LogP contribution in [0.2, 0.25) is 0 Å². The summed E-state index contributed by atoms with van der Waals surface area (Å²) in [7, 11) is 0. The maximum absolute atomic E-state index is 14.4. The number of ether oxygens (including phenoxy) is 1. The molecule has 11 heteroatoms. The van der Waals surface area contributed by atoms with E-state index in [0.29, 0.717) is 39.7 Å². The molecule has 0 spiro atoms. The summed E-state index contributed by atoms with van der Waals surface area (Å²) >= 11 is 0. The SMILES string of the molecule is C=C(F)C(=O)Cc1cc2c(Nc3ccc(Oc4cc5nncn5cn4)c(C)c3)ncnc2cc1F. The molecule has 0 aliphatic rings. The maximum atomic E-state index is 14.4. The Morgan fingerprint density at radius 3 is 2.80 bits per heavy atom. The third-order valence-corrected chi connectivity index (χ3v) is 5.27. The van der Waals surface area contributed by atoms with Crippen LogP contribution < -0.4 is 10.1 Å². The molecule has 0 unspecified atom stereocenters. The number of anilines is 2. The average molecular weight is 473 g/mol. The molecule has 0 saturated carbocycles. The molecule has 0 aliphatic carbocycles. The summed E-state index contributed by atoms with van der Waals surface area (Å²) in [4.78, 5) is 24.3. The largest absolute Gasteiger partial charge is 0.439 e. The normalized spacial score (nSPS) is 11.1. The Bertz CT molecular complexity index is 1620. The number of allylic oxidation sites excluding steroid dienone is 1. The number of aromatic nitrogens is 6. The molecule has 174 valence electrons. The number of Topliss-reactive ketones (excluding diaryl/α,β-unsaturated/α-hetero) is 1. The average Bonchev–Trinajstić information content (AvgIpc) is 3.29. The highest BCUT2D eigenvalue weighted by molar-refractivity contribution is 5.96. The highest BCUT2D eigenvalue weighted by Gasteiger charge is 2.15. The number of nitrogens with one attached hydrogen (secondary N) is 1. The quantitative estimate of drug-likeness (QED) is 0.341. The van der Waals surface area contributed by atoms with Gasteiger partial charge in [0.25, 0.3) is 0 Å². The zero-order valence-electron chi connectivity index (χ0n) is 18.4. The van der Waals surface area contributed by atoms with Gasteiger partial charge in [-0.1, -0.05) is 6.58 Å². The van der Waals surface area contributed by atoms with Crippen molar-refractivity contribution in [3.8, 4) is 11.6 Å². The number of carbonyl (C=O) groups is 1. The fraction of sp³-hybridized carbons (Fsp3) is 0.0833. The number of carbonyl (C=O) groups excluding carboxylic acids is 1. The van der Waals surface area contributed by atoms with Gasteiger partial charge in [0.15, 0.2) is 17.3 Å². The van der Waals surface area contributed by atoms with E-state index in [1.807, 2.05) is 13.0 Å². The van der Waals surface area contributed by atoms with E-state index >= 15 is 0 Å². The number of aryl methyl sites for hydroxylation is 1. The Hall–Kier alpha value is -4.80. The second-order valence-electron chi connectivity index (χ2n) is 7.72. The number of halogens is 2. The van der Waals surface area contributed by atoms with Crippen LogP contribution in [0.25, 0.3) is 16.6 Å². The van der Waals surface area contributed by atoms with Gasteiger partial charge in [0, 0.05) is 29.6 Å². The van der Waals surface area contributed by atoms with E-state index in [1.54, 1.807) is 35.3 Å². The van der Waals surface area contributed by atoms with Crippen LogP contribution in [0.15, 0.2) is 67.8 Å². The first-order valence-corrected chi connectivity index (χ1v) is 10.4. The van der Waals surface area contributed by atoms with Gasteiger partial charge in [-0.15, -0.1) is 10.2 Å². The molecule has 3 heterocycles. The molecule has 0 bridgehead atoms. The van der Waals surface area contributed by atoms with Gasteiger partial charge < -0.3 is 10.1 Å². The number of benzene rings is 2. The number of ketones is 1. The maximum Gasteiger partial charge on any atom is 0.224 e. The van der Waals surface area contributed by atoms with Crippen LogP contribution >= 0.6 is 0 Å². The monoisotopic (exact) mass is 473 g/mol. The van der Waals surface area contributed by atoms with Crippen LogP contribution in [0.4, 0.5) is 20.3 Å². The Kier molecular flexibility index (Phi) is 5.57. The van der Waals surface area contributed by atoms with Gasteiger partial charge in [0.05, 0.1) is 5.52 Å². The molecular weight excluding hydrogens is 456 g/mol. The summed E-state index contributed by atoms with van der Waals surface area (Å²) in [5.74, 6) is -1.31. The summed E-state index contributed by atoms with van der Waals surface area (Å²) in [6.07, 6.45) is 3.95. The van der Waals surface area contributed by atoms with E-state index in [-0.39, 0.29) is 5.56 Å². The topological polar surface area (TPSA) is 107 Å². The highest BCUT2D eigenvalue weighted by Crippen LogP contribution is 2.30. The van der Waals surface area contributed by atoms with Crippen molar-refractivity contribution < 1.29 is 18.3 Å². The minimum atomic E-state index is -1.12. The molecule has 5 rings (SSSR count). The van der Waals surface area contributed by atoms with E-state index in [1.165, 1.54) is 18.5 Å². The van der Waals surface area contributed by atoms with E-state index in [4.69, 9.17) is 4.74 Å². The van der Waals surface area contributed by atoms with Gasteiger partial charge in [-0.05, 0) is 42.3 Å². The lowest BCUT2D eigenvalue weighted by Gasteiger charge is -2.13. The minimum absolute atomic E-state index is 0.0243. The van der Waals surface area contributed by atoms with Crippen LogP contribution in [-0.2, 0) is 11.2 Å². The number of hydrogen-bond donors (Lipinski definition) is 1. The molecule has 0 radical (unpaired) electrons. The molecule has 3 aromatic heterocycles. The highest BCUT2D eigenvalue weighted by atomic mass is 19.1. The Balaban J connectivity index is 1.41. The zero-order valence-corrected chi connectivity index (χ0v) is 18.4. The van der Waals surface area contributed by atoms with Gasteiger partial charge in [-0.2, -0.15) is 0 Å². The lowest BCUT2D eigenvalue weighted by Crippen LogP contribution is -2.05. The van der Waals surface area contributed by atoms with Crippen molar-refractivity contribution in [2.24, 2.45) is 0 Å². The molecule has 0 aliphatic heterocycles. The molecule has 1 N–H and O–H groups in total. The lowest BCUT2D eigenvalue weighted by molar-refractivity contribution is -0.116. The van der Waals surface area contributed by atoms with Crippen molar-refractivity contribution in [2.45, 2.75) is 13.3 Å². The van der Waals surface area contributed by atoms with Crippen LogP contribution in [0, 0.1) is 12.7 Å². The number of nitrogens with zero attached hydrogens (tertiary/aromatic N) is 6. The predicted octanol–water partition coefficient (Wildman–Crippen LogP) is 4.65. The van der Waals surface area contributed by atoms with Gasteiger partial charge in [-0.25, -0.2) is 23.7 Å². The summed E-state index contributed by atoms with van der Waals surface area (Å²) in [6.45, 7) is 4.84. The lowest BCUT2D eigenvalue weighted by atomic mass is 10.0. The first-order valence-electron chi connectivity index (χ1n) is 10.4. The number of fused-ring (bicyclic) bond motifs is 2. The third-order valence-electron chi connectivity index (χ3n) is 5.27. The summed E-state index contributed by atoms with van der Waals surface area (Å²) in [5.41, 5.74) is 2.47. The van der Waals surface area contributed by atoms with Crippen molar-refractivity contribution in [3.05, 3.63) is 84.7 Å². The second kappa shape index (κ2) is 8.86. The predicted molar refractivity (Wildman–Crippen MR) is 124 cm³/mol. The fourth-order valence-corrected chi connectivity index (χ4v) is 3.48. The molecule has 5 aromatic rings. The van der Waals surface area contributed by atoms with Crippen molar-refractivity contribution in [1.29, 1.82) is 0 Å². The summed E-state index contributed by atoms with van der Waals surface area (Å²) < 4.78 is 35.1. The second-order valence-corrected chi connectivity index (χ2v) is 7.72. The first kappa shape index (κ1) is 22.0. The third kappa shape index (κ3) is 4.51. The first-order chi connectivity index (χ1) is 16.9. The van der Waals surface area contributed by atoms with Crippen LogP contribution in [0.5, 0.6) is 11.6 Å². The molecule has 2 aromatic carbocycles. The van der Waals surface area contributed by atoms with Crippen LogP contribution in [0.1, 0.15) is 11.1 Å². The van der Waals surface area contributed by atoms with Gasteiger partial charge in [0.2, 0.25) is 5.88 Å². The van der Waals surface area contributed by atoms with Crippen molar-refractivity contribution in [2.75, 3.05) is 5.32 Å². The minimum Gasteiger partial charge on any atom is -0.439 e. The summed E-state index contributed by atoms with van der Waals surface area (Å²) in [5, 5.41) is 11.4. The molecular formula is C24H17F2N7O2. The van der Waals surface area contributed by atoms with E-state index in [9.17, 15) is 13.6 Å². The fourth-order valence-electron chi connectivity index (χ4n) is 3.48. The molecule has 35 heavy (non-hydrogen) atoms. The van der Waals surface area contributed by atoms with Crippen molar-refractivity contribution in [1.82, 2.24) is 29.5 Å². The zero-order chi connectivity index (χ0) is 24.5. The van der Waals surface area contributed by atoms with Gasteiger partial charge in [-0.3, -0.25) is 9.20 Å². The standard InChI is InChI=1S/C24H17F2N7O2/c1-13-5-16(3-4-21(13)35-23-9-22-32-30-12-33(22)11-29-23)31-24-17-6-15(7-20(34)14(2)25)18(26)8-19(17)27-10-28-24/h3-6,8-12H,2,7H2,1H3,(H,27,28,31). The smallest absolute Gasteiger partial charge is 0.224 e. The number of hydrogen-bond acceptors (Lipinski definition) is 8. The van der Waals surface area contributed by atoms with E-state index < -0.39 is 23.8 Å². The Labute approximate surface area is 197 Å². The van der Waals surface area contributed by atoms with Crippen molar-refractivity contribution >= 4 is 33.8 Å². The number of rotatable bonds is 7. The van der Waals surface area contributed by atoms with Crippen molar-refractivity contribution in [3.63, 3.8) is 0 Å². The Morgan fingerprint density at radius 1 is 1.14 bits per heavy atom. The van der Waals surface area contributed by atoms with E-state index in [0.717, 1.165) is 5.56 Å². The Morgan fingerprint density at radius 2 is 2.00 bits per heavy atom. The molecule has 0 atom stereocenters. The molecule has 0 saturated heterocycles. The van der Waals surface area contributed by atoms with Gasteiger partial charge >= 0.3 is 0 Å². The van der Waals surface area contributed by atoms with E-state index in [2.05, 4.69) is 37.0 Å². The molecule has 0 fully saturated rings. The van der Waals surface area contributed by atoms with Crippen LogP contribution in [-0.4, -0.2) is 35.3 Å².